The lowest BCUT2D eigenvalue weighted by molar-refractivity contribution is -0.117. The van der Waals surface area contributed by atoms with Crippen molar-refractivity contribution in [1.82, 2.24) is 15.5 Å². The molecule has 1 aliphatic heterocycles. The number of carbonyl (C=O) groups is 2. The van der Waals surface area contributed by atoms with Crippen LogP contribution >= 0.6 is 0 Å². The molecule has 7 heteroatoms. The molecule has 1 saturated heterocycles. The van der Waals surface area contributed by atoms with E-state index in [2.05, 4.69) is 15.5 Å². The summed E-state index contributed by atoms with van der Waals surface area (Å²) in [4.78, 5) is 31.0. The Morgan fingerprint density at radius 2 is 1.86 bits per heavy atom. The van der Waals surface area contributed by atoms with Crippen molar-refractivity contribution in [2.75, 3.05) is 11.4 Å². The van der Waals surface area contributed by atoms with Crippen molar-refractivity contribution in [1.29, 1.82) is 0 Å². The zero-order valence-corrected chi connectivity index (χ0v) is 16.4. The Morgan fingerprint density at radius 3 is 2.59 bits per heavy atom. The van der Waals surface area contributed by atoms with Crippen molar-refractivity contribution in [3.63, 3.8) is 0 Å². The number of aromatic nitrogens is 2. The van der Waals surface area contributed by atoms with Gasteiger partial charge in [-0.1, -0.05) is 41.6 Å². The summed E-state index contributed by atoms with van der Waals surface area (Å²) < 4.78 is 5.28. The molecule has 0 aliphatic carbocycles. The number of amides is 2. The summed E-state index contributed by atoms with van der Waals surface area (Å²) in [5.74, 6) is 0.529. The van der Waals surface area contributed by atoms with Crippen LogP contribution in [0.4, 0.5) is 5.69 Å². The summed E-state index contributed by atoms with van der Waals surface area (Å²) in [6.45, 7) is 4.66. The van der Waals surface area contributed by atoms with Crippen molar-refractivity contribution in [3.8, 4) is 0 Å². The second kappa shape index (κ2) is 7.87. The Hall–Kier alpha value is -3.48. The van der Waals surface area contributed by atoms with E-state index in [1.165, 1.54) is 0 Å². The number of anilines is 1. The minimum absolute atomic E-state index is 0.0520. The Balaban J connectivity index is 1.42. The second-order valence-corrected chi connectivity index (χ2v) is 7.24. The van der Waals surface area contributed by atoms with Crippen LogP contribution in [0.2, 0.25) is 0 Å². The predicted octanol–water partition coefficient (Wildman–Crippen LogP) is 3.14. The third-order valence-electron chi connectivity index (χ3n) is 5.12. The van der Waals surface area contributed by atoms with Gasteiger partial charge in [-0.05, 0) is 37.1 Å². The number of hydrogen-bond acceptors (Lipinski definition) is 5. The number of hydrogen-bond donors (Lipinski definition) is 1. The molecule has 1 aromatic heterocycles. The van der Waals surface area contributed by atoms with Crippen LogP contribution in [0.25, 0.3) is 0 Å². The molecule has 29 heavy (non-hydrogen) atoms. The average Bonchev–Trinajstić information content (AvgIpc) is 3.34. The maximum atomic E-state index is 12.6. The second-order valence-electron chi connectivity index (χ2n) is 7.24. The van der Waals surface area contributed by atoms with Gasteiger partial charge in [0.25, 0.3) is 5.91 Å². The molecule has 1 unspecified atom stereocenters. The summed E-state index contributed by atoms with van der Waals surface area (Å²) in [5.41, 5.74) is 3.66. The van der Waals surface area contributed by atoms with Gasteiger partial charge < -0.3 is 14.7 Å². The number of aryl methyl sites for hydroxylation is 2. The molecule has 7 nitrogen and oxygen atoms in total. The average molecular weight is 390 g/mol. The normalized spacial score (nSPS) is 16.3. The van der Waals surface area contributed by atoms with Crippen LogP contribution in [0, 0.1) is 13.8 Å². The molecule has 0 bridgehead atoms. The highest BCUT2D eigenvalue weighted by molar-refractivity contribution is 5.97. The maximum absolute atomic E-state index is 12.6. The van der Waals surface area contributed by atoms with Gasteiger partial charge in [0.05, 0.1) is 6.54 Å². The molecule has 1 fully saturated rings. The highest BCUT2D eigenvalue weighted by Crippen LogP contribution is 2.34. The van der Waals surface area contributed by atoms with Crippen LogP contribution in [-0.4, -0.2) is 28.5 Å². The van der Waals surface area contributed by atoms with Crippen LogP contribution in [0.15, 0.2) is 53.1 Å². The van der Waals surface area contributed by atoms with E-state index >= 15 is 0 Å². The van der Waals surface area contributed by atoms with Gasteiger partial charge in [0.2, 0.25) is 11.8 Å². The lowest BCUT2D eigenvalue weighted by atomic mass is 10.1. The summed E-state index contributed by atoms with van der Waals surface area (Å²) in [6.07, 6.45) is 0.336. The smallest absolute Gasteiger partial charge is 0.251 e. The lowest BCUT2D eigenvalue weighted by Crippen LogP contribution is -2.26. The summed E-state index contributed by atoms with van der Waals surface area (Å²) in [7, 11) is 0. The zero-order chi connectivity index (χ0) is 20.4. The number of carbonyl (C=O) groups excluding carboxylic acids is 2. The first-order valence-electron chi connectivity index (χ1n) is 9.55. The molecule has 2 heterocycles. The Labute approximate surface area is 168 Å². The van der Waals surface area contributed by atoms with Crippen molar-refractivity contribution in [2.45, 2.75) is 32.7 Å². The molecule has 0 saturated carbocycles. The molecule has 0 radical (unpaired) electrons. The summed E-state index contributed by atoms with van der Waals surface area (Å²) in [6, 6.07) is 14.9. The van der Waals surface area contributed by atoms with E-state index in [4.69, 9.17) is 4.52 Å². The highest BCUT2D eigenvalue weighted by atomic mass is 16.5. The summed E-state index contributed by atoms with van der Waals surface area (Å²) in [5, 5.41) is 6.80. The molecule has 1 atom stereocenters. The monoisotopic (exact) mass is 390 g/mol. The van der Waals surface area contributed by atoms with Gasteiger partial charge in [-0.15, -0.1) is 0 Å². The fourth-order valence-electron chi connectivity index (χ4n) is 3.68. The van der Waals surface area contributed by atoms with Crippen molar-refractivity contribution in [3.05, 3.63) is 76.9 Å². The number of rotatable bonds is 5. The highest BCUT2D eigenvalue weighted by Gasteiger charge is 2.35. The third-order valence-corrected chi connectivity index (χ3v) is 5.12. The number of benzene rings is 2. The first-order valence-corrected chi connectivity index (χ1v) is 9.55. The van der Waals surface area contributed by atoms with Gasteiger partial charge in [-0.3, -0.25) is 9.59 Å². The number of nitrogens with one attached hydrogen (secondary N) is 1. The minimum Gasteiger partial charge on any atom is -0.343 e. The predicted molar refractivity (Wildman–Crippen MR) is 108 cm³/mol. The van der Waals surface area contributed by atoms with Crippen molar-refractivity contribution < 1.29 is 14.1 Å². The molecule has 2 amide bonds. The van der Waals surface area contributed by atoms with Gasteiger partial charge in [0.1, 0.15) is 0 Å². The molecule has 148 valence electrons. The topological polar surface area (TPSA) is 88.3 Å². The lowest BCUT2D eigenvalue weighted by Gasteiger charge is -2.21. The quantitative estimate of drug-likeness (QED) is 0.723. The van der Waals surface area contributed by atoms with E-state index in [1.54, 1.807) is 24.3 Å². The maximum Gasteiger partial charge on any atom is 0.251 e. The Kier molecular flexibility index (Phi) is 5.12. The van der Waals surface area contributed by atoms with Gasteiger partial charge in [0, 0.05) is 30.1 Å². The van der Waals surface area contributed by atoms with E-state index in [0.29, 0.717) is 30.2 Å². The van der Waals surface area contributed by atoms with E-state index in [9.17, 15) is 9.59 Å². The first-order chi connectivity index (χ1) is 14.0. The Morgan fingerprint density at radius 1 is 1.14 bits per heavy atom. The zero-order valence-electron chi connectivity index (χ0n) is 16.4. The molecule has 0 spiro atoms. The van der Waals surface area contributed by atoms with Gasteiger partial charge in [-0.25, -0.2) is 0 Å². The fraction of sp³-hybridized carbons (Fsp3) is 0.273. The van der Waals surface area contributed by atoms with Gasteiger partial charge >= 0.3 is 0 Å². The van der Waals surface area contributed by atoms with E-state index < -0.39 is 0 Å². The van der Waals surface area contributed by atoms with Crippen LogP contribution < -0.4 is 10.2 Å². The molecular weight excluding hydrogens is 368 g/mol. The molecular formula is C22H22N4O3. The van der Waals surface area contributed by atoms with Crippen LogP contribution in [0.3, 0.4) is 0 Å². The van der Waals surface area contributed by atoms with E-state index in [1.807, 2.05) is 43.0 Å². The molecule has 2 aromatic carbocycles. The molecule has 1 aliphatic rings. The van der Waals surface area contributed by atoms with E-state index in [-0.39, 0.29) is 24.3 Å². The largest absolute Gasteiger partial charge is 0.343 e. The molecule has 1 N–H and O–H groups in total. The van der Waals surface area contributed by atoms with Crippen molar-refractivity contribution in [2.24, 2.45) is 0 Å². The first kappa shape index (κ1) is 18.9. The molecule has 3 aromatic rings. The van der Waals surface area contributed by atoms with Crippen LogP contribution in [-0.2, 0) is 11.3 Å². The van der Waals surface area contributed by atoms with Crippen LogP contribution in [0.1, 0.15) is 45.5 Å². The molecule has 4 rings (SSSR count). The van der Waals surface area contributed by atoms with Crippen molar-refractivity contribution >= 4 is 17.5 Å². The Bertz CT molecular complexity index is 1020. The number of para-hydroxylation sites is 1. The van der Waals surface area contributed by atoms with Crippen LogP contribution in [0.5, 0.6) is 0 Å². The third kappa shape index (κ3) is 3.89. The van der Waals surface area contributed by atoms with E-state index in [0.717, 1.165) is 16.8 Å². The standard InChI is InChI=1S/C22H22N4O3/c1-14-7-6-8-15(2)20(14)26-13-17(11-19(26)27)21-24-18(29-25-21)12-23-22(28)16-9-4-3-5-10-16/h3-10,17H,11-13H2,1-2H3,(H,23,28). The summed E-state index contributed by atoms with van der Waals surface area (Å²) >= 11 is 0. The van der Waals surface area contributed by atoms with Gasteiger partial charge in [-0.2, -0.15) is 4.98 Å². The SMILES string of the molecule is Cc1cccc(C)c1N1CC(c2noc(CNC(=O)c3ccccc3)n2)CC1=O. The fourth-order valence-corrected chi connectivity index (χ4v) is 3.68. The number of nitrogens with zero attached hydrogens (tertiary/aromatic N) is 3. The van der Waals surface area contributed by atoms with Gasteiger partial charge in [0.15, 0.2) is 5.82 Å². The minimum atomic E-state index is -0.206.